The smallest absolute Gasteiger partial charge is 0.251 e. The third-order valence-electron chi connectivity index (χ3n) is 8.59. The molecule has 0 radical (unpaired) electrons. The zero-order valence-corrected chi connectivity index (χ0v) is 30.0. The van der Waals surface area contributed by atoms with Crippen LogP contribution in [-0.2, 0) is 33.0 Å². The maximum Gasteiger partial charge on any atom is 0.251 e. The summed E-state index contributed by atoms with van der Waals surface area (Å²) < 4.78 is 26.6. The second kappa shape index (κ2) is 18.0. The highest BCUT2D eigenvalue weighted by atomic mass is 32.2. The molecule has 10 heteroatoms. The van der Waals surface area contributed by atoms with E-state index in [1.165, 1.54) is 0 Å². The molecule has 1 N–H and O–H groups in total. The summed E-state index contributed by atoms with van der Waals surface area (Å²) >= 11 is -1.22. The number of aromatic nitrogens is 3. The van der Waals surface area contributed by atoms with Gasteiger partial charge in [0.2, 0.25) is 0 Å². The second-order valence-electron chi connectivity index (χ2n) is 12.7. The summed E-state index contributed by atoms with van der Waals surface area (Å²) in [6.45, 7) is 12.9. The molecule has 1 fully saturated rings. The Kier molecular flexibility index (Phi) is 13.3. The number of aryl methyl sites for hydroxylation is 1. The van der Waals surface area contributed by atoms with Crippen LogP contribution in [0, 0.1) is 5.92 Å². The van der Waals surface area contributed by atoms with E-state index in [9.17, 15) is 9.35 Å². The fourth-order valence-corrected chi connectivity index (χ4v) is 6.90. The van der Waals surface area contributed by atoms with Crippen molar-refractivity contribution >= 4 is 34.7 Å². The van der Waals surface area contributed by atoms with Crippen molar-refractivity contribution in [3.05, 3.63) is 90.1 Å². The van der Waals surface area contributed by atoms with Gasteiger partial charge in [-0.05, 0) is 97.4 Å². The summed E-state index contributed by atoms with van der Waals surface area (Å²) in [5, 5.41) is 3.00. The van der Waals surface area contributed by atoms with Gasteiger partial charge in [-0.15, -0.1) is 0 Å². The minimum atomic E-state index is -1.22. The predicted molar refractivity (Wildman–Crippen MR) is 198 cm³/mol. The van der Waals surface area contributed by atoms with Gasteiger partial charge in [0.15, 0.2) is 10.6 Å². The molecule has 2 atom stereocenters. The van der Waals surface area contributed by atoms with Gasteiger partial charge in [-0.25, -0.2) is 9.97 Å². The number of hydrogen-bond donors (Lipinski definition) is 1. The summed E-state index contributed by atoms with van der Waals surface area (Å²) in [5.41, 5.74) is 5.04. The number of nitrogens with one attached hydrogen (secondary N) is 1. The molecule has 1 amide bonds. The number of unbranched alkanes of at least 4 members (excludes halogenated alkanes) is 1. The first-order valence-electron chi connectivity index (χ1n) is 17.4. The summed E-state index contributed by atoms with van der Waals surface area (Å²) in [5.74, 6) is 2.46. The predicted octanol–water partition coefficient (Wildman–Crippen LogP) is 7.75. The number of nitrogens with zero attached hydrogens (tertiary/aromatic N) is 4. The van der Waals surface area contributed by atoms with Crippen LogP contribution in [0.1, 0.15) is 64.6 Å². The van der Waals surface area contributed by atoms with Gasteiger partial charge >= 0.3 is 0 Å². The SMILES string of the molecule is CCCCOCCOc1ccc(-c2cnc(N3CCC(C)C3)c(C=C(C)C(=O)Nc3ccc([S@@+]([O-])Cc4cncn4CCC)cc3)c2)cc1. The average molecular weight is 684 g/mol. The van der Waals surface area contributed by atoms with Crippen LogP contribution in [0.3, 0.4) is 0 Å². The van der Waals surface area contributed by atoms with E-state index in [2.05, 4.69) is 42.0 Å². The molecule has 260 valence electrons. The third kappa shape index (κ3) is 10.2. The lowest BCUT2D eigenvalue weighted by atomic mass is 10.0. The molecular weight excluding hydrogens is 635 g/mol. The number of rotatable bonds is 17. The van der Waals surface area contributed by atoms with Gasteiger partial charge in [0.25, 0.3) is 5.91 Å². The van der Waals surface area contributed by atoms with Crippen molar-refractivity contribution in [2.45, 2.75) is 70.6 Å². The first-order valence-corrected chi connectivity index (χ1v) is 18.7. The normalized spacial score (nSPS) is 15.4. The van der Waals surface area contributed by atoms with E-state index in [1.54, 1.807) is 24.7 Å². The molecule has 1 saturated heterocycles. The lowest BCUT2D eigenvalue weighted by molar-refractivity contribution is -0.112. The molecule has 1 aliphatic heterocycles. The Morgan fingerprint density at radius 2 is 1.84 bits per heavy atom. The van der Waals surface area contributed by atoms with Crippen LogP contribution in [0.2, 0.25) is 0 Å². The Bertz CT molecular complexity index is 1670. The maximum absolute atomic E-state index is 13.4. The number of ether oxygens (including phenoxy) is 2. The summed E-state index contributed by atoms with van der Waals surface area (Å²) in [4.78, 5) is 25.5. The first kappa shape index (κ1) is 36.2. The zero-order chi connectivity index (χ0) is 34.6. The maximum atomic E-state index is 13.4. The van der Waals surface area contributed by atoms with Gasteiger partial charge in [0.1, 0.15) is 18.2 Å². The fraction of sp³-hybridized carbons (Fsp3) is 0.410. The van der Waals surface area contributed by atoms with E-state index in [1.807, 2.05) is 60.2 Å². The molecule has 1 aliphatic rings. The Morgan fingerprint density at radius 1 is 1.04 bits per heavy atom. The molecule has 49 heavy (non-hydrogen) atoms. The number of imidazole rings is 1. The fourth-order valence-electron chi connectivity index (χ4n) is 5.79. The number of hydrogen-bond acceptors (Lipinski definition) is 7. The Hall–Kier alpha value is -4.12. The minimum absolute atomic E-state index is 0.205. The van der Waals surface area contributed by atoms with Crippen molar-refractivity contribution in [1.29, 1.82) is 0 Å². The largest absolute Gasteiger partial charge is 0.611 e. The molecule has 0 spiro atoms. The number of carbonyl (C=O) groups excluding carboxylic acids is 1. The van der Waals surface area contributed by atoms with Crippen LogP contribution in [0.4, 0.5) is 11.5 Å². The van der Waals surface area contributed by atoms with Crippen molar-refractivity contribution in [2.75, 3.05) is 43.1 Å². The Labute approximate surface area is 293 Å². The number of pyridine rings is 1. The molecule has 0 bridgehead atoms. The van der Waals surface area contributed by atoms with E-state index in [0.29, 0.717) is 41.0 Å². The van der Waals surface area contributed by atoms with Gasteiger partial charge < -0.3 is 28.8 Å². The van der Waals surface area contributed by atoms with Crippen molar-refractivity contribution in [3.63, 3.8) is 0 Å². The highest BCUT2D eigenvalue weighted by molar-refractivity contribution is 7.90. The molecule has 9 nitrogen and oxygen atoms in total. The minimum Gasteiger partial charge on any atom is -0.611 e. The highest BCUT2D eigenvalue weighted by Crippen LogP contribution is 2.31. The highest BCUT2D eigenvalue weighted by Gasteiger charge is 2.23. The molecule has 4 aromatic rings. The van der Waals surface area contributed by atoms with Gasteiger partial charge in [-0.1, -0.05) is 39.3 Å². The monoisotopic (exact) mass is 683 g/mol. The van der Waals surface area contributed by atoms with E-state index in [-0.39, 0.29) is 5.91 Å². The Balaban J connectivity index is 1.26. The van der Waals surface area contributed by atoms with Gasteiger partial charge in [-0.2, -0.15) is 0 Å². The Morgan fingerprint density at radius 3 is 2.55 bits per heavy atom. The van der Waals surface area contributed by atoms with Crippen LogP contribution in [-0.4, -0.2) is 57.9 Å². The van der Waals surface area contributed by atoms with Crippen molar-refractivity contribution in [2.24, 2.45) is 5.92 Å². The van der Waals surface area contributed by atoms with E-state index in [4.69, 9.17) is 14.5 Å². The zero-order valence-electron chi connectivity index (χ0n) is 29.2. The molecule has 2 aromatic heterocycles. The first-order chi connectivity index (χ1) is 23.8. The van der Waals surface area contributed by atoms with Crippen LogP contribution in [0.15, 0.2) is 83.8 Å². The molecule has 0 aliphatic carbocycles. The number of amides is 1. The second-order valence-corrected chi connectivity index (χ2v) is 14.1. The quantitative estimate of drug-likeness (QED) is 0.0690. The van der Waals surface area contributed by atoms with Crippen LogP contribution in [0.5, 0.6) is 5.75 Å². The van der Waals surface area contributed by atoms with E-state index < -0.39 is 11.2 Å². The number of anilines is 2. The summed E-state index contributed by atoms with van der Waals surface area (Å²) in [6.07, 6.45) is 11.7. The number of carbonyl (C=O) groups is 1. The topological polar surface area (TPSA) is 105 Å². The average Bonchev–Trinajstić information content (AvgIpc) is 3.75. The van der Waals surface area contributed by atoms with Crippen molar-refractivity contribution in [1.82, 2.24) is 14.5 Å². The summed E-state index contributed by atoms with van der Waals surface area (Å²) in [7, 11) is 0. The standard InChI is InChI=1S/C39H49N5O4S/c1-5-7-19-47-20-21-48-36-12-8-31(9-13-36)33-23-32(38(41-24-33)43-18-16-29(3)26-43)22-30(4)39(45)42-34-10-14-37(15-11-34)49(46)27-35-25-40-28-44(35)17-6-2/h8-15,22-25,28-29H,5-7,16-21,26-27H2,1-4H3,(H,42,45)/t29?,49-/m0/s1. The van der Waals surface area contributed by atoms with Crippen LogP contribution >= 0.6 is 0 Å². The van der Waals surface area contributed by atoms with Crippen LogP contribution in [0.25, 0.3) is 17.2 Å². The van der Waals surface area contributed by atoms with Crippen LogP contribution < -0.4 is 15.0 Å². The lowest BCUT2D eigenvalue weighted by Crippen LogP contribution is -2.21. The molecule has 5 rings (SSSR count). The number of benzene rings is 2. The molecule has 2 aromatic carbocycles. The molecule has 3 heterocycles. The van der Waals surface area contributed by atoms with Crippen molar-refractivity contribution in [3.8, 4) is 16.9 Å². The van der Waals surface area contributed by atoms with Gasteiger partial charge in [0.05, 0.1) is 24.8 Å². The van der Waals surface area contributed by atoms with E-state index in [0.717, 1.165) is 85.9 Å². The van der Waals surface area contributed by atoms with Gasteiger partial charge in [-0.3, -0.25) is 4.79 Å². The third-order valence-corrected chi connectivity index (χ3v) is 9.95. The van der Waals surface area contributed by atoms with E-state index >= 15 is 0 Å². The summed E-state index contributed by atoms with van der Waals surface area (Å²) in [6, 6.07) is 17.3. The molecule has 1 unspecified atom stereocenters. The molecule has 0 saturated carbocycles. The lowest BCUT2D eigenvalue weighted by Gasteiger charge is -2.20. The molecular formula is C39H49N5O4S. The van der Waals surface area contributed by atoms with Gasteiger partial charge in [0, 0.05) is 54.8 Å². The van der Waals surface area contributed by atoms with Crippen molar-refractivity contribution < 1.29 is 18.8 Å².